The molecule has 0 bridgehead atoms. The molecule has 0 aliphatic carbocycles. The van der Waals surface area contributed by atoms with Gasteiger partial charge >= 0.3 is 6.09 Å². The highest BCUT2D eigenvalue weighted by molar-refractivity contribution is 9.10. The van der Waals surface area contributed by atoms with E-state index in [1.54, 1.807) is 11.0 Å². The number of amides is 1. The number of unbranched alkanes of at least 4 members (excludes halogenated alkanes) is 1. The number of benzene rings is 1. The van der Waals surface area contributed by atoms with Crippen LogP contribution >= 0.6 is 15.9 Å². The van der Waals surface area contributed by atoms with E-state index < -0.39 is 0 Å². The Kier molecular flexibility index (Phi) is 3.52. The van der Waals surface area contributed by atoms with E-state index in [0.717, 1.165) is 22.9 Å². The van der Waals surface area contributed by atoms with Crippen molar-refractivity contribution in [3.05, 3.63) is 34.8 Å². The van der Waals surface area contributed by atoms with Crippen molar-refractivity contribution in [2.24, 2.45) is 0 Å². The van der Waals surface area contributed by atoms with Gasteiger partial charge in [-0.15, -0.1) is 0 Å². The minimum absolute atomic E-state index is 0.335. The second-order valence-electron chi connectivity index (χ2n) is 3.96. The molecule has 4 heteroatoms. The standard InChI is InChI=1S/C13H14BrNO2/c1-3-4-7-15-9(2)11-8-10(14)5-6-12(11)17-13(15)16/h5-6,8H,2-4,7H2,1H3. The highest BCUT2D eigenvalue weighted by Crippen LogP contribution is 2.35. The lowest BCUT2D eigenvalue weighted by molar-refractivity contribution is 0.168. The second kappa shape index (κ2) is 4.92. The molecule has 1 aromatic carbocycles. The summed E-state index contributed by atoms with van der Waals surface area (Å²) in [6.07, 6.45) is 1.64. The van der Waals surface area contributed by atoms with Gasteiger partial charge in [0.25, 0.3) is 0 Å². The van der Waals surface area contributed by atoms with Crippen LogP contribution < -0.4 is 4.74 Å². The van der Waals surface area contributed by atoms with Gasteiger partial charge in [0.1, 0.15) is 5.75 Å². The third-order valence-corrected chi connectivity index (χ3v) is 3.22. The van der Waals surface area contributed by atoms with Crippen molar-refractivity contribution in [1.29, 1.82) is 0 Å². The molecule has 0 radical (unpaired) electrons. The Labute approximate surface area is 109 Å². The van der Waals surface area contributed by atoms with Crippen molar-refractivity contribution in [2.75, 3.05) is 6.54 Å². The highest BCUT2D eigenvalue weighted by atomic mass is 79.9. The molecule has 0 fully saturated rings. The number of fused-ring (bicyclic) bond motifs is 1. The molecule has 1 aliphatic rings. The lowest BCUT2D eigenvalue weighted by Crippen LogP contribution is -2.36. The van der Waals surface area contributed by atoms with Gasteiger partial charge in [-0.3, -0.25) is 4.90 Å². The van der Waals surface area contributed by atoms with E-state index in [1.165, 1.54) is 0 Å². The molecule has 0 N–H and O–H groups in total. The van der Waals surface area contributed by atoms with Crippen molar-refractivity contribution in [3.8, 4) is 5.75 Å². The van der Waals surface area contributed by atoms with E-state index in [-0.39, 0.29) is 6.09 Å². The second-order valence-corrected chi connectivity index (χ2v) is 4.88. The van der Waals surface area contributed by atoms with Crippen LogP contribution in [0.2, 0.25) is 0 Å². The maximum atomic E-state index is 11.8. The number of rotatable bonds is 3. The van der Waals surface area contributed by atoms with Crippen LogP contribution in [0, 0.1) is 0 Å². The molecule has 3 nitrogen and oxygen atoms in total. The molecule has 0 atom stereocenters. The topological polar surface area (TPSA) is 29.5 Å². The summed E-state index contributed by atoms with van der Waals surface area (Å²) in [6, 6.07) is 5.55. The minimum Gasteiger partial charge on any atom is -0.409 e. The Balaban J connectivity index is 2.32. The summed E-state index contributed by atoms with van der Waals surface area (Å²) in [7, 11) is 0. The van der Waals surface area contributed by atoms with Crippen LogP contribution in [-0.4, -0.2) is 17.5 Å². The predicted octanol–water partition coefficient (Wildman–Crippen LogP) is 4.03. The van der Waals surface area contributed by atoms with Crippen molar-refractivity contribution >= 4 is 27.7 Å². The van der Waals surface area contributed by atoms with E-state index in [9.17, 15) is 4.79 Å². The summed E-state index contributed by atoms with van der Waals surface area (Å²) in [5.41, 5.74) is 1.58. The molecular weight excluding hydrogens is 282 g/mol. The van der Waals surface area contributed by atoms with Gasteiger partial charge < -0.3 is 4.74 Å². The van der Waals surface area contributed by atoms with Crippen LogP contribution in [0.25, 0.3) is 5.70 Å². The van der Waals surface area contributed by atoms with Crippen LogP contribution in [0.5, 0.6) is 5.75 Å². The average Bonchev–Trinajstić information content (AvgIpc) is 2.30. The number of halogens is 1. The molecule has 0 spiro atoms. The van der Waals surface area contributed by atoms with Gasteiger partial charge in [0.2, 0.25) is 0 Å². The van der Waals surface area contributed by atoms with Gasteiger partial charge in [0.15, 0.2) is 0 Å². The number of nitrogens with zero attached hydrogens (tertiary/aromatic N) is 1. The van der Waals surface area contributed by atoms with Gasteiger partial charge in [0.05, 0.1) is 5.70 Å². The number of carbonyl (C=O) groups excluding carboxylic acids is 1. The molecule has 1 aromatic rings. The fraction of sp³-hybridized carbons (Fsp3) is 0.308. The number of ether oxygens (including phenoxy) is 1. The SMILES string of the molecule is C=C1c2cc(Br)ccc2OC(=O)N1CCCC. The van der Waals surface area contributed by atoms with Crippen LogP contribution in [0.1, 0.15) is 25.3 Å². The van der Waals surface area contributed by atoms with Gasteiger partial charge in [-0.05, 0) is 24.6 Å². The zero-order chi connectivity index (χ0) is 12.4. The average molecular weight is 296 g/mol. The van der Waals surface area contributed by atoms with Gasteiger partial charge in [-0.1, -0.05) is 35.9 Å². The van der Waals surface area contributed by atoms with Crippen molar-refractivity contribution in [2.45, 2.75) is 19.8 Å². The summed E-state index contributed by atoms with van der Waals surface area (Å²) in [5, 5.41) is 0. The Morgan fingerprint density at radius 1 is 1.47 bits per heavy atom. The van der Waals surface area contributed by atoms with Crippen molar-refractivity contribution in [3.63, 3.8) is 0 Å². The molecule has 90 valence electrons. The normalized spacial score (nSPS) is 14.6. The van der Waals surface area contributed by atoms with Crippen molar-refractivity contribution < 1.29 is 9.53 Å². The number of hydrogen-bond donors (Lipinski definition) is 0. The maximum absolute atomic E-state index is 11.8. The third kappa shape index (κ3) is 2.36. The third-order valence-electron chi connectivity index (χ3n) is 2.73. The zero-order valence-corrected chi connectivity index (χ0v) is 11.3. The molecule has 0 unspecified atom stereocenters. The van der Waals surface area contributed by atoms with Gasteiger partial charge in [-0.2, -0.15) is 0 Å². The molecule has 0 saturated heterocycles. The summed E-state index contributed by atoms with van der Waals surface area (Å²) in [6.45, 7) is 6.72. The Bertz CT molecular complexity index is 470. The number of hydrogen-bond acceptors (Lipinski definition) is 2. The van der Waals surface area contributed by atoms with Crippen LogP contribution in [0.3, 0.4) is 0 Å². The number of carbonyl (C=O) groups is 1. The van der Waals surface area contributed by atoms with Gasteiger partial charge in [0, 0.05) is 16.6 Å². The van der Waals surface area contributed by atoms with Gasteiger partial charge in [-0.25, -0.2) is 4.79 Å². The van der Waals surface area contributed by atoms with E-state index >= 15 is 0 Å². The smallest absolute Gasteiger partial charge is 0.409 e. The summed E-state index contributed by atoms with van der Waals surface area (Å²) in [5.74, 6) is 0.580. The quantitative estimate of drug-likeness (QED) is 0.842. The lowest BCUT2D eigenvalue weighted by Gasteiger charge is -2.29. The summed E-state index contributed by atoms with van der Waals surface area (Å²) in [4.78, 5) is 13.4. The molecule has 1 heterocycles. The first kappa shape index (κ1) is 12.2. The van der Waals surface area contributed by atoms with Crippen LogP contribution in [-0.2, 0) is 0 Å². The zero-order valence-electron chi connectivity index (χ0n) is 9.70. The Hall–Kier alpha value is -1.29. The molecule has 0 saturated carbocycles. The van der Waals surface area contributed by atoms with E-state index in [0.29, 0.717) is 18.0 Å². The fourth-order valence-electron chi connectivity index (χ4n) is 1.76. The molecule has 1 aliphatic heterocycles. The monoisotopic (exact) mass is 295 g/mol. The first-order valence-electron chi connectivity index (χ1n) is 5.61. The Morgan fingerprint density at radius 2 is 2.24 bits per heavy atom. The van der Waals surface area contributed by atoms with E-state index in [4.69, 9.17) is 4.74 Å². The lowest BCUT2D eigenvalue weighted by atomic mass is 10.1. The van der Waals surface area contributed by atoms with Crippen LogP contribution in [0.4, 0.5) is 4.79 Å². The predicted molar refractivity (Wildman–Crippen MR) is 70.8 cm³/mol. The highest BCUT2D eigenvalue weighted by Gasteiger charge is 2.27. The summed E-state index contributed by atoms with van der Waals surface area (Å²) < 4.78 is 6.22. The van der Waals surface area contributed by atoms with Crippen LogP contribution in [0.15, 0.2) is 29.3 Å². The Morgan fingerprint density at radius 3 is 2.94 bits per heavy atom. The van der Waals surface area contributed by atoms with Crippen molar-refractivity contribution in [1.82, 2.24) is 4.90 Å². The summed E-state index contributed by atoms with van der Waals surface area (Å²) >= 11 is 3.41. The largest absolute Gasteiger partial charge is 0.419 e. The first-order valence-corrected chi connectivity index (χ1v) is 6.41. The molecular formula is C13H14BrNO2. The molecule has 1 amide bonds. The molecule has 17 heavy (non-hydrogen) atoms. The van der Waals surface area contributed by atoms with E-state index in [1.807, 2.05) is 12.1 Å². The maximum Gasteiger partial charge on any atom is 0.419 e. The minimum atomic E-state index is -0.335. The molecule has 0 aromatic heterocycles. The fourth-order valence-corrected chi connectivity index (χ4v) is 2.13. The van der Waals surface area contributed by atoms with E-state index in [2.05, 4.69) is 29.4 Å². The first-order chi connectivity index (χ1) is 8.13. The molecule has 2 rings (SSSR count).